The molecule has 0 atom stereocenters. The minimum absolute atomic E-state index is 0.0269. The molecular weight excluding hydrogens is 318 g/mol. The molecule has 0 unspecified atom stereocenters. The zero-order valence-corrected chi connectivity index (χ0v) is 15.2. The van der Waals surface area contributed by atoms with Gasteiger partial charge in [0.1, 0.15) is 5.82 Å². The van der Waals surface area contributed by atoms with E-state index in [4.69, 9.17) is 0 Å². The second-order valence-corrected chi connectivity index (χ2v) is 8.02. The molecule has 2 N–H and O–H groups in total. The van der Waals surface area contributed by atoms with Crippen LogP contribution in [-0.4, -0.2) is 45.9 Å². The quantitative estimate of drug-likeness (QED) is 0.880. The molecule has 2 heterocycles. The van der Waals surface area contributed by atoms with E-state index in [1.807, 2.05) is 20.8 Å². The van der Waals surface area contributed by atoms with Crippen LogP contribution in [0, 0.1) is 5.92 Å². The summed E-state index contributed by atoms with van der Waals surface area (Å²) in [6.07, 6.45) is 6.91. The molecule has 1 aliphatic heterocycles. The zero-order chi connectivity index (χ0) is 18.0. The molecule has 1 aromatic heterocycles. The molecule has 3 amide bonds. The number of rotatable bonds is 3. The van der Waals surface area contributed by atoms with E-state index >= 15 is 0 Å². The predicted octanol–water partition coefficient (Wildman–Crippen LogP) is 2.30. The van der Waals surface area contributed by atoms with Gasteiger partial charge in [-0.15, -0.1) is 0 Å². The molecule has 0 radical (unpaired) electrons. The lowest BCUT2D eigenvalue weighted by molar-refractivity contribution is -0.126. The first-order valence-corrected chi connectivity index (χ1v) is 9.02. The Morgan fingerprint density at radius 2 is 1.68 bits per heavy atom. The van der Waals surface area contributed by atoms with Crippen molar-refractivity contribution in [3.05, 3.63) is 18.2 Å². The number of nitrogens with zero attached hydrogens (tertiary/aromatic N) is 3. The highest BCUT2D eigenvalue weighted by atomic mass is 16.2. The molecule has 136 valence electrons. The van der Waals surface area contributed by atoms with Crippen LogP contribution < -0.4 is 10.6 Å². The van der Waals surface area contributed by atoms with Gasteiger partial charge in [-0.05, 0) is 25.7 Å². The monoisotopic (exact) mass is 345 g/mol. The van der Waals surface area contributed by atoms with Crippen molar-refractivity contribution >= 4 is 17.6 Å². The number of aromatic nitrogens is 2. The first-order chi connectivity index (χ1) is 11.8. The second kappa shape index (κ2) is 6.98. The van der Waals surface area contributed by atoms with Crippen LogP contribution in [0.25, 0.3) is 0 Å². The predicted molar refractivity (Wildman–Crippen MR) is 95.2 cm³/mol. The average molecular weight is 345 g/mol. The fourth-order valence-electron chi connectivity index (χ4n) is 2.87. The number of hydrogen-bond donors (Lipinski definition) is 2. The Labute approximate surface area is 148 Å². The number of likely N-dealkylation sites (tertiary alicyclic amines) is 1. The van der Waals surface area contributed by atoms with Crippen LogP contribution in [0.2, 0.25) is 0 Å². The van der Waals surface area contributed by atoms with Crippen LogP contribution in [0.1, 0.15) is 52.3 Å². The summed E-state index contributed by atoms with van der Waals surface area (Å²) in [5.41, 5.74) is 0.470. The Morgan fingerprint density at radius 1 is 1.08 bits per heavy atom. The molecule has 2 fully saturated rings. The van der Waals surface area contributed by atoms with Gasteiger partial charge < -0.3 is 15.5 Å². The van der Waals surface area contributed by atoms with Crippen molar-refractivity contribution < 1.29 is 9.59 Å². The first-order valence-electron chi connectivity index (χ1n) is 9.02. The first kappa shape index (κ1) is 17.6. The largest absolute Gasteiger partial charge is 0.353 e. The van der Waals surface area contributed by atoms with E-state index in [-0.39, 0.29) is 23.3 Å². The molecule has 1 saturated carbocycles. The lowest BCUT2D eigenvalue weighted by Gasteiger charge is -2.31. The third-order valence-electron chi connectivity index (χ3n) is 4.65. The van der Waals surface area contributed by atoms with Gasteiger partial charge in [0.15, 0.2) is 0 Å². The van der Waals surface area contributed by atoms with Crippen molar-refractivity contribution in [3.8, 4) is 0 Å². The molecule has 1 aromatic rings. The number of hydrogen-bond acceptors (Lipinski definition) is 4. The Morgan fingerprint density at radius 3 is 2.20 bits per heavy atom. The Balaban J connectivity index is 1.48. The summed E-state index contributed by atoms with van der Waals surface area (Å²) in [4.78, 5) is 34.8. The Bertz CT molecular complexity index is 626. The van der Waals surface area contributed by atoms with E-state index in [0.29, 0.717) is 37.7 Å². The van der Waals surface area contributed by atoms with E-state index in [9.17, 15) is 9.59 Å². The Kier molecular flexibility index (Phi) is 4.92. The lowest BCUT2D eigenvalue weighted by atomic mass is 9.96. The molecule has 2 aliphatic rings. The van der Waals surface area contributed by atoms with Crippen molar-refractivity contribution in [2.45, 2.75) is 57.9 Å². The smallest absolute Gasteiger partial charge is 0.321 e. The number of urea groups is 1. The molecule has 0 spiro atoms. The van der Waals surface area contributed by atoms with Crippen LogP contribution in [0.3, 0.4) is 0 Å². The van der Waals surface area contributed by atoms with Gasteiger partial charge in [0.2, 0.25) is 5.91 Å². The van der Waals surface area contributed by atoms with Gasteiger partial charge in [0, 0.05) is 30.5 Å². The van der Waals surface area contributed by atoms with Crippen molar-refractivity contribution in [2.24, 2.45) is 5.92 Å². The van der Waals surface area contributed by atoms with Crippen LogP contribution in [0.5, 0.6) is 0 Å². The molecule has 7 heteroatoms. The third-order valence-corrected chi connectivity index (χ3v) is 4.65. The van der Waals surface area contributed by atoms with Crippen LogP contribution >= 0.6 is 0 Å². The minimum Gasteiger partial charge on any atom is -0.353 e. The van der Waals surface area contributed by atoms with Crippen LogP contribution in [0.4, 0.5) is 10.5 Å². The molecule has 1 aliphatic carbocycles. The summed E-state index contributed by atoms with van der Waals surface area (Å²) in [5.74, 6) is 0.917. The van der Waals surface area contributed by atoms with Gasteiger partial charge in [-0.2, -0.15) is 0 Å². The molecule has 7 nitrogen and oxygen atoms in total. The van der Waals surface area contributed by atoms with Crippen molar-refractivity contribution in [1.82, 2.24) is 20.2 Å². The topological polar surface area (TPSA) is 87.2 Å². The van der Waals surface area contributed by atoms with Crippen LogP contribution in [0.15, 0.2) is 12.4 Å². The number of amides is 3. The second-order valence-electron chi connectivity index (χ2n) is 8.02. The molecular formula is C18H27N5O2. The molecule has 3 rings (SSSR count). The van der Waals surface area contributed by atoms with Gasteiger partial charge in [-0.3, -0.25) is 4.79 Å². The number of carbonyl (C=O) groups excluding carboxylic acids is 2. The fraction of sp³-hybridized carbons (Fsp3) is 0.667. The van der Waals surface area contributed by atoms with Gasteiger partial charge in [0.25, 0.3) is 0 Å². The van der Waals surface area contributed by atoms with Crippen LogP contribution in [-0.2, 0) is 10.2 Å². The molecule has 25 heavy (non-hydrogen) atoms. The number of nitrogens with one attached hydrogen (secondary N) is 2. The highest BCUT2D eigenvalue weighted by Gasteiger charge is 2.31. The Hall–Kier alpha value is -2.18. The van der Waals surface area contributed by atoms with Crippen molar-refractivity contribution in [3.63, 3.8) is 0 Å². The van der Waals surface area contributed by atoms with Crippen molar-refractivity contribution in [1.29, 1.82) is 0 Å². The molecule has 1 saturated heterocycles. The van der Waals surface area contributed by atoms with Gasteiger partial charge in [0.05, 0.1) is 18.1 Å². The van der Waals surface area contributed by atoms with E-state index in [2.05, 4.69) is 20.6 Å². The van der Waals surface area contributed by atoms with E-state index in [1.165, 1.54) is 0 Å². The zero-order valence-electron chi connectivity index (χ0n) is 15.2. The summed E-state index contributed by atoms with van der Waals surface area (Å²) in [5, 5.41) is 5.89. The van der Waals surface area contributed by atoms with E-state index in [1.54, 1.807) is 17.3 Å². The van der Waals surface area contributed by atoms with Gasteiger partial charge >= 0.3 is 6.03 Å². The third kappa shape index (κ3) is 4.67. The SMILES string of the molecule is CC(C)(C)c1ncc(NC(=O)N2CCC(C(=O)NC3CC3)CC2)cn1. The maximum absolute atomic E-state index is 12.4. The molecule has 0 aromatic carbocycles. The van der Waals surface area contributed by atoms with Gasteiger partial charge in [-0.1, -0.05) is 20.8 Å². The maximum Gasteiger partial charge on any atom is 0.321 e. The summed E-state index contributed by atoms with van der Waals surface area (Å²) in [6, 6.07) is 0.234. The molecule has 0 bridgehead atoms. The summed E-state index contributed by atoms with van der Waals surface area (Å²) < 4.78 is 0. The normalized spacial score (nSPS) is 18.8. The average Bonchev–Trinajstić information content (AvgIpc) is 3.38. The van der Waals surface area contributed by atoms with Gasteiger partial charge in [-0.25, -0.2) is 14.8 Å². The number of anilines is 1. The minimum atomic E-state index is -0.159. The van der Waals surface area contributed by atoms with Crippen molar-refractivity contribution in [2.75, 3.05) is 18.4 Å². The summed E-state index contributed by atoms with van der Waals surface area (Å²) >= 11 is 0. The standard InChI is InChI=1S/C18H27N5O2/c1-18(2,3)16-19-10-14(11-20-16)22-17(25)23-8-6-12(7-9-23)15(24)21-13-4-5-13/h10-13H,4-9H2,1-3H3,(H,21,24)(H,22,25). The summed E-state index contributed by atoms with van der Waals surface area (Å²) in [7, 11) is 0. The fourth-order valence-corrected chi connectivity index (χ4v) is 2.87. The highest BCUT2D eigenvalue weighted by Crippen LogP contribution is 2.23. The number of piperidine rings is 1. The maximum atomic E-state index is 12.4. The number of carbonyl (C=O) groups is 2. The van der Waals surface area contributed by atoms with E-state index in [0.717, 1.165) is 18.7 Å². The van der Waals surface area contributed by atoms with E-state index < -0.39 is 0 Å². The highest BCUT2D eigenvalue weighted by molar-refractivity contribution is 5.89. The lowest BCUT2D eigenvalue weighted by Crippen LogP contribution is -2.45. The summed E-state index contributed by atoms with van der Waals surface area (Å²) in [6.45, 7) is 7.32.